The highest BCUT2D eigenvalue weighted by Gasteiger charge is 2.37. The van der Waals surface area contributed by atoms with Crippen LogP contribution in [-0.4, -0.2) is 58.8 Å². The molecule has 2 aliphatic heterocycles. The first kappa shape index (κ1) is 23.8. The number of nitrogens with one attached hydrogen (secondary N) is 1. The van der Waals surface area contributed by atoms with E-state index in [1.54, 1.807) is 22.1 Å². The number of carbonyl (C=O) groups excluding carboxylic acids is 2. The van der Waals surface area contributed by atoms with E-state index in [0.29, 0.717) is 37.4 Å². The van der Waals surface area contributed by atoms with Crippen LogP contribution < -0.4 is 10.2 Å². The van der Waals surface area contributed by atoms with Gasteiger partial charge in [-0.2, -0.15) is 4.98 Å². The van der Waals surface area contributed by atoms with E-state index in [1.165, 1.54) is 0 Å². The third kappa shape index (κ3) is 5.58. The summed E-state index contributed by atoms with van der Waals surface area (Å²) in [5, 5.41) is 3.39. The Balaban J connectivity index is 1.29. The fraction of sp³-hybridized carbons (Fsp3) is 0.520. The third-order valence-corrected chi connectivity index (χ3v) is 6.63. The van der Waals surface area contributed by atoms with Gasteiger partial charge in [-0.15, -0.1) is 0 Å². The molecule has 2 fully saturated rings. The molecule has 9 heteroatoms. The highest BCUT2D eigenvalue weighted by Crippen LogP contribution is 2.27. The van der Waals surface area contributed by atoms with Crippen LogP contribution >= 0.6 is 0 Å². The van der Waals surface area contributed by atoms with Crippen molar-refractivity contribution in [3.63, 3.8) is 0 Å². The number of hydrogen-bond acceptors (Lipinski definition) is 7. The second-order valence-corrected chi connectivity index (χ2v) is 9.29. The van der Waals surface area contributed by atoms with Gasteiger partial charge in [0, 0.05) is 25.3 Å². The third-order valence-electron chi connectivity index (χ3n) is 6.63. The topological polar surface area (TPSA) is 96.9 Å². The van der Waals surface area contributed by atoms with Crippen LogP contribution in [0.25, 0.3) is 0 Å². The van der Waals surface area contributed by atoms with Gasteiger partial charge < -0.3 is 19.7 Å². The predicted molar refractivity (Wildman–Crippen MR) is 128 cm³/mol. The van der Waals surface area contributed by atoms with Crippen LogP contribution in [0.15, 0.2) is 42.6 Å². The number of ether oxygens (including phenoxy) is 2. The van der Waals surface area contributed by atoms with E-state index in [1.807, 2.05) is 30.3 Å². The Hall–Kier alpha value is -3.36. The van der Waals surface area contributed by atoms with E-state index in [4.69, 9.17) is 9.47 Å². The molecule has 2 atom stereocenters. The first-order chi connectivity index (χ1) is 16.4. The summed E-state index contributed by atoms with van der Waals surface area (Å²) in [7, 11) is 0. The lowest BCUT2D eigenvalue weighted by molar-refractivity contribution is 0.0809. The average molecular weight is 468 g/mol. The Bertz CT molecular complexity index is 978. The Morgan fingerprint density at radius 2 is 1.91 bits per heavy atom. The molecule has 1 aromatic carbocycles. The number of amides is 2. The smallest absolute Gasteiger partial charge is 0.415 e. The first-order valence-corrected chi connectivity index (χ1v) is 11.9. The van der Waals surface area contributed by atoms with Crippen molar-refractivity contribution in [2.75, 3.05) is 29.9 Å². The van der Waals surface area contributed by atoms with Gasteiger partial charge in [0.05, 0.1) is 6.04 Å². The summed E-state index contributed by atoms with van der Waals surface area (Å²) in [5.41, 5.74) is 0.979. The number of carbonyl (C=O) groups is 2. The van der Waals surface area contributed by atoms with Gasteiger partial charge in [-0.25, -0.2) is 14.6 Å². The number of likely N-dealkylation sites (tertiary alicyclic amines) is 1. The van der Waals surface area contributed by atoms with E-state index in [0.717, 1.165) is 18.4 Å². The zero-order valence-corrected chi connectivity index (χ0v) is 20.0. The Morgan fingerprint density at radius 3 is 2.62 bits per heavy atom. The summed E-state index contributed by atoms with van der Waals surface area (Å²) in [6, 6.07) is 11.5. The summed E-state index contributed by atoms with van der Waals surface area (Å²) in [6.07, 6.45) is 2.75. The van der Waals surface area contributed by atoms with Crippen LogP contribution in [0.4, 0.5) is 21.4 Å². The van der Waals surface area contributed by atoms with Crippen molar-refractivity contribution in [1.29, 1.82) is 0 Å². The van der Waals surface area contributed by atoms with Crippen LogP contribution in [0, 0.1) is 11.8 Å². The summed E-state index contributed by atoms with van der Waals surface area (Å²) in [6.45, 7) is 8.18. The minimum Gasteiger partial charge on any atom is -0.447 e. The van der Waals surface area contributed by atoms with Gasteiger partial charge in [0.1, 0.15) is 19.0 Å². The molecule has 34 heavy (non-hydrogen) atoms. The van der Waals surface area contributed by atoms with E-state index in [9.17, 15) is 9.59 Å². The summed E-state index contributed by atoms with van der Waals surface area (Å²) >= 11 is 0. The molecule has 2 aliphatic rings. The molecule has 3 heterocycles. The lowest BCUT2D eigenvalue weighted by atomic mass is 9.90. The number of piperidine rings is 1. The summed E-state index contributed by atoms with van der Waals surface area (Å²) in [4.78, 5) is 37.0. The second-order valence-electron chi connectivity index (χ2n) is 9.29. The summed E-state index contributed by atoms with van der Waals surface area (Å²) < 4.78 is 10.7. The van der Waals surface area contributed by atoms with E-state index < -0.39 is 0 Å². The van der Waals surface area contributed by atoms with Crippen LogP contribution in [0.2, 0.25) is 0 Å². The number of aromatic nitrogens is 2. The highest BCUT2D eigenvalue weighted by atomic mass is 16.6. The largest absolute Gasteiger partial charge is 0.447 e. The Morgan fingerprint density at radius 1 is 1.18 bits per heavy atom. The molecule has 2 saturated heterocycles. The fourth-order valence-corrected chi connectivity index (χ4v) is 4.46. The van der Waals surface area contributed by atoms with Crippen molar-refractivity contribution >= 4 is 24.0 Å². The molecule has 1 aromatic heterocycles. The first-order valence-electron chi connectivity index (χ1n) is 11.9. The minimum atomic E-state index is -0.372. The van der Waals surface area contributed by atoms with Gasteiger partial charge in [-0.05, 0) is 43.2 Å². The Labute approximate surface area is 200 Å². The standard InChI is InChI=1S/C25H33N5O4/c1-17(2)21-16-34-25(32)30(21)22-9-12-26-23(28-22)27-18(3)20-10-13-29(14-11-20)24(31)33-15-19-7-5-4-6-8-19/h4-9,12,17-18,20-21H,10-11,13-16H2,1-3H3,(H,26,27,28)/t18-,21?/m0/s1. The Kier molecular flexibility index (Phi) is 7.49. The van der Waals surface area contributed by atoms with E-state index in [2.05, 4.69) is 36.1 Å². The van der Waals surface area contributed by atoms with Gasteiger partial charge in [-0.3, -0.25) is 4.90 Å². The maximum atomic E-state index is 12.4. The zero-order valence-electron chi connectivity index (χ0n) is 20.0. The number of cyclic esters (lactones) is 1. The van der Waals surface area contributed by atoms with E-state index >= 15 is 0 Å². The van der Waals surface area contributed by atoms with Crippen molar-refractivity contribution in [1.82, 2.24) is 14.9 Å². The molecule has 0 bridgehead atoms. The van der Waals surface area contributed by atoms with Gasteiger partial charge in [0.25, 0.3) is 0 Å². The minimum absolute atomic E-state index is 0.0429. The molecule has 0 spiro atoms. The van der Waals surface area contributed by atoms with Crippen molar-refractivity contribution < 1.29 is 19.1 Å². The molecular formula is C25H33N5O4. The van der Waals surface area contributed by atoms with Crippen LogP contribution in [0.1, 0.15) is 39.2 Å². The van der Waals surface area contributed by atoms with Crippen molar-refractivity contribution in [2.45, 2.75) is 52.3 Å². The highest BCUT2D eigenvalue weighted by molar-refractivity contribution is 5.89. The van der Waals surface area contributed by atoms with Crippen LogP contribution in [0.3, 0.4) is 0 Å². The molecule has 182 valence electrons. The molecule has 1 N–H and O–H groups in total. The van der Waals surface area contributed by atoms with Gasteiger partial charge >= 0.3 is 12.2 Å². The molecule has 0 radical (unpaired) electrons. The quantitative estimate of drug-likeness (QED) is 0.648. The number of nitrogens with zero attached hydrogens (tertiary/aromatic N) is 4. The molecule has 0 saturated carbocycles. The molecule has 9 nitrogen and oxygen atoms in total. The van der Waals surface area contributed by atoms with Gasteiger partial charge in [0.2, 0.25) is 5.95 Å². The van der Waals surface area contributed by atoms with Crippen molar-refractivity contribution in [3.8, 4) is 0 Å². The van der Waals surface area contributed by atoms with E-state index in [-0.39, 0.29) is 36.8 Å². The van der Waals surface area contributed by atoms with Gasteiger partial charge in [-0.1, -0.05) is 44.2 Å². The maximum absolute atomic E-state index is 12.4. The molecule has 2 aromatic rings. The number of anilines is 2. The van der Waals surface area contributed by atoms with Crippen molar-refractivity contribution in [2.24, 2.45) is 11.8 Å². The predicted octanol–water partition coefficient (Wildman–Crippen LogP) is 4.31. The van der Waals surface area contributed by atoms with Crippen LogP contribution in [-0.2, 0) is 16.1 Å². The molecule has 0 aliphatic carbocycles. The summed E-state index contributed by atoms with van der Waals surface area (Å²) in [5.74, 6) is 1.64. The van der Waals surface area contributed by atoms with Gasteiger partial charge in [0.15, 0.2) is 0 Å². The molecule has 1 unspecified atom stereocenters. The number of benzene rings is 1. The molecular weight excluding hydrogens is 434 g/mol. The lowest BCUT2D eigenvalue weighted by Gasteiger charge is -2.34. The zero-order chi connectivity index (χ0) is 24.1. The maximum Gasteiger partial charge on any atom is 0.415 e. The van der Waals surface area contributed by atoms with Crippen molar-refractivity contribution in [3.05, 3.63) is 48.2 Å². The lowest BCUT2D eigenvalue weighted by Crippen LogP contribution is -2.42. The van der Waals surface area contributed by atoms with Crippen LogP contribution in [0.5, 0.6) is 0 Å². The average Bonchev–Trinajstić information content (AvgIpc) is 3.25. The number of rotatable bonds is 7. The second kappa shape index (κ2) is 10.7. The number of hydrogen-bond donors (Lipinski definition) is 1. The fourth-order valence-electron chi connectivity index (χ4n) is 4.46. The monoisotopic (exact) mass is 467 g/mol. The normalized spacial score (nSPS) is 19.8. The molecule has 2 amide bonds. The molecule has 4 rings (SSSR count). The SMILES string of the molecule is CC(C)C1COC(=O)N1c1ccnc(N[C@@H](C)C2CCN(C(=O)OCc3ccccc3)CC2)n1.